The van der Waals surface area contributed by atoms with Crippen LogP contribution in [0.3, 0.4) is 0 Å². The van der Waals surface area contributed by atoms with Crippen LogP contribution in [0.1, 0.15) is 45.6 Å². The highest BCUT2D eigenvalue weighted by Gasteiger charge is 2.25. The first-order valence-electron chi connectivity index (χ1n) is 9.35. The fourth-order valence-electron chi connectivity index (χ4n) is 2.93. The maximum Gasteiger partial charge on any atom is 0.229 e. The minimum absolute atomic E-state index is 0.0739. The molecule has 0 aromatic heterocycles. The molecule has 142 valence electrons. The van der Waals surface area contributed by atoms with Crippen LogP contribution < -0.4 is 10.6 Å². The van der Waals surface area contributed by atoms with Crippen LogP contribution in [0.25, 0.3) is 0 Å². The molecule has 0 radical (unpaired) electrons. The van der Waals surface area contributed by atoms with E-state index in [-0.39, 0.29) is 17.2 Å². The number of guanidine groups is 1. The van der Waals surface area contributed by atoms with Crippen molar-refractivity contribution in [2.75, 3.05) is 26.2 Å². The molecule has 26 heavy (non-hydrogen) atoms. The summed E-state index contributed by atoms with van der Waals surface area (Å²) in [6, 6.07) is 10.3. The fraction of sp³-hybridized carbons (Fsp3) is 0.550. The highest BCUT2D eigenvalue weighted by molar-refractivity contribution is 5.97. The van der Waals surface area contributed by atoms with Gasteiger partial charge in [-0.05, 0) is 18.9 Å². The lowest BCUT2D eigenvalue weighted by Crippen LogP contribution is -2.46. The number of piperidine rings is 1. The minimum atomic E-state index is -0.0809. The predicted molar refractivity (Wildman–Crippen MR) is 104 cm³/mol. The van der Waals surface area contributed by atoms with Gasteiger partial charge in [0.1, 0.15) is 0 Å². The fourth-order valence-corrected chi connectivity index (χ4v) is 2.93. The number of carbonyl (C=O) groups excluding carboxylic acids is 2. The third-order valence-corrected chi connectivity index (χ3v) is 4.54. The van der Waals surface area contributed by atoms with Crippen molar-refractivity contribution in [3.8, 4) is 0 Å². The molecule has 2 amide bonds. The van der Waals surface area contributed by atoms with Crippen LogP contribution in [0.4, 0.5) is 0 Å². The highest BCUT2D eigenvalue weighted by Crippen LogP contribution is 2.22. The van der Waals surface area contributed by atoms with Gasteiger partial charge in [-0.15, -0.1) is 0 Å². The second kappa shape index (κ2) is 9.36. The van der Waals surface area contributed by atoms with E-state index in [0.717, 1.165) is 6.54 Å². The Bertz CT molecular complexity index is 624. The summed E-state index contributed by atoms with van der Waals surface area (Å²) in [6.07, 6.45) is 1.59. The number of aliphatic imine (C=N–C) groups is 1. The van der Waals surface area contributed by atoms with Crippen molar-refractivity contribution in [3.05, 3.63) is 35.9 Å². The van der Waals surface area contributed by atoms with Gasteiger partial charge in [-0.3, -0.25) is 19.5 Å². The molecule has 2 N–H and O–H groups in total. The molecule has 0 bridgehead atoms. The smallest absolute Gasteiger partial charge is 0.229 e. The molecule has 0 spiro atoms. The van der Waals surface area contributed by atoms with Crippen molar-refractivity contribution in [3.63, 3.8) is 0 Å². The maximum atomic E-state index is 11.9. The van der Waals surface area contributed by atoms with Crippen LogP contribution in [0.15, 0.2) is 35.3 Å². The van der Waals surface area contributed by atoms with Crippen LogP contribution in [0.5, 0.6) is 0 Å². The summed E-state index contributed by atoms with van der Waals surface area (Å²) in [5, 5.41) is 6.44. The summed E-state index contributed by atoms with van der Waals surface area (Å²) in [6.45, 7) is 8.60. The Kier molecular flexibility index (Phi) is 7.18. The zero-order chi connectivity index (χ0) is 19.0. The van der Waals surface area contributed by atoms with E-state index in [0.29, 0.717) is 44.9 Å². The minimum Gasteiger partial charge on any atom is -0.357 e. The van der Waals surface area contributed by atoms with Gasteiger partial charge in [-0.1, -0.05) is 44.2 Å². The van der Waals surface area contributed by atoms with Crippen molar-refractivity contribution < 1.29 is 9.59 Å². The number of hydrogen-bond acceptors (Lipinski definition) is 3. The van der Waals surface area contributed by atoms with Gasteiger partial charge in [-0.2, -0.15) is 0 Å². The topological polar surface area (TPSA) is 73.8 Å². The Balaban J connectivity index is 1.92. The van der Waals surface area contributed by atoms with Gasteiger partial charge in [0, 0.05) is 37.9 Å². The normalized spacial score (nSPS) is 16.0. The molecule has 0 atom stereocenters. The van der Waals surface area contributed by atoms with Crippen molar-refractivity contribution in [2.24, 2.45) is 4.99 Å². The average molecular weight is 358 g/mol. The third kappa shape index (κ3) is 5.58. The van der Waals surface area contributed by atoms with Crippen molar-refractivity contribution in [1.82, 2.24) is 15.5 Å². The zero-order valence-electron chi connectivity index (χ0n) is 16.0. The molecule has 0 unspecified atom stereocenters. The number of carbonyl (C=O) groups is 2. The Hall–Kier alpha value is -2.37. The Labute approximate surface area is 156 Å². The van der Waals surface area contributed by atoms with E-state index < -0.39 is 0 Å². The van der Waals surface area contributed by atoms with Crippen molar-refractivity contribution in [1.29, 1.82) is 0 Å². The first kappa shape index (κ1) is 19.9. The van der Waals surface area contributed by atoms with Gasteiger partial charge in [0.2, 0.25) is 11.8 Å². The summed E-state index contributed by atoms with van der Waals surface area (Å²) < 4.78 is 0. The zero-order valence-corrected chi connectivity index (χ0v) is 16.0. The quantitative estimate of drug-likeness (QED) is 0.444. The van der Waals surface area contributed by atoms with Gasteiger partial charge in [0.05, 0.1) is 6.54 Å². The van der Waals surface area contributed by atoms with Gasteiger partial charge in [0.15, 0.2) is 5.96 Å². The molecule has 0 aliphatic carbocycles. The van der Waals surface area contributed by atoms with Gasteiger partial charge < -0.3 is 10.6 Å². The number of hydrogen-bond donors (Lipinski definition) is 2. The SMILES string of the molecule is CCNC(=NCC(C)(C)c1ccccc1)NCCN1C(=O)CCCC1=O. The summed E-state index contributed by atoms with van der Waals surface area (Å²) in [4.78, 5) is 29.7. The maximum absolute atomic E-state index is 11.9. The molecule has 1 aliphatic rings. The van der Waals surface area contributed by atoms with Crippen LogP contribution in [0.2, 0.25) is 0 Å². The average Bonchev–Trinajstić information content (AvgIpc) is 2.63. The van der Waals surface area contributed by atoms with Crippen LogP contribution in [-0.2, 0) is 15.0 Å². The second-order valence-corrected chi connectivity index (χ2v) is 7.16. The van der Waals surface area contributed by atoms with E-state index >= 15 is 0 Å². The predicted octanol–water partition coefficient (Wildman–Crippen LogP) is 2.06. The van der Waals surface area contributed by atoms with Crippen molar-refractivity contribution in [2.45, 2.75) is 45.4 Å². The Morgan fingerprint density at radius 1 is 1.12 bits per heavy atom. The van der Waals surface area contributed by atoms with Gasteiger partial charge in [0.25, 0.3) is 0 Å². The Morgan fingerprint density at radius 2 is 1.77 bits per heavy atom. The standard InChI is InChI=1S/C20H30N4O2/c1-4-21-19(22-13-14-24-17(25)11-8-12-18(24)26)23-15-20(2,3)16-9-6-5-7-10-16/h5-7,9-10H,4,8,11-15H2,1-3H3,(H2,21,22,23). The molecule has 1 aliphatic heterocycles. The number of nitrogens with zero attached hydrogens (tertiary/aromatic N) is 2. The lowest BCUT2D eigenvalue weighted by molar-refractivity contribution is -0.147. The molecule has 6 heteroatoms. The van der Waals surface area contributed by atoms with E-state index in [1.54, 1.807) is 0 Å². The molecule has 1 aromatic carbocycles. The number of nitrogens with one attached hydrogen (secondary N) is 2. The number of rotatable bonds is 7. The first-order chi connectivity index (χ1) is 12.4. The number of amides is 2. The molecular weight excluding hydrogens is 328 g/mol. The van der Waals surface area contributed by atoms with E-state index in [1.165, 1.54) is 10.5 Å². The van der Waals surface area contributed by atoms with Crippen LogP contribution in [-0.4, -0.2) is 48.9 Å². The third-order valence-electron chi connectivity index (χ3n) is 4.54. The molecule has 6 nitrogen and oxygen atoms in total. The van der Waals surface area contributed by atoms with E-state index in [4.69, 9.17) is 0 Å². The molecule has 1 aromatic rings. The van der Waals surface area contributed by atoms with Gasteiger partial charge in [-0.25, -0.2) is 0 Å². The summed E-state index contributed by atoms with van der Waals surface area (Å²) >= 11 is 0. The van der Waals surface area contributed by atoms with E-state index in [2.05, 4.69) is 41.6 Å². The molecule has 0 saturated carbocycles. The van der Waals surface area contributed by atoms with E-state index in [9.17, 15) is 9.59 Å². The lowest BCUT2D eigenvalue weighted by Gasteiger charge is -2.26. The monoisotopic (exact) mass is 358 g/mol. The highest BCUT2D eigenvalue weighted by atomic mass is 16.2. The number of imide groups is 1. The first-order valence-corrected chi connectivity index (χ1v) is 9.35. The van der Waals surface area contributed by atoms with Crippen LogP contribution in [0, 0.1) is 0 Å². The summed E-state index contributed by atoms with van der Waals surface area (Å²) in [5.41, 5.74) is 1.16. The second-order valence-electron chi connectivity index (χ2n) is 7.16. The van der Waals surface area contributed by atoms with E-state index in [1.807, 2.05) is 25.1 Å². The number of benzene rings is 1. The van der Waals surface area contributed by atoms with Gasteiger partial charge >= 0.3 is 0 Å². The largest absolute Gasteiger partial charge is 0.357 e. The molecule has 1 fully saturated rings. The Morgan fingerprint density at radius 3 is 2.38 bits per heavy atom. The van der Waals surface area contributed by atoms with Crippen LogP contribution >= 0.6 is 0 Å². The lowest BCUT2D eigenvalue weighted by atomic mass is 9.85. The summed E-state index contributed by atoms with van der Waals surface area (Å²) in [5.74, 6) is 0.554. The molecule has 1 saturated heterocycles. The molecular formula is C20H30N4O2. The van der Waals surface area contributed by atoms with Crippen molar-refractivity contribution >= 4 is 17.8 Å². The number of likely N-dealkylation sites (tertiary alicyclic amines) is 1. The molecule has 1 heterocycles. The molecule has 2 rings (SSSR count). The summed E-state index contributed by atoms with van der Waals surface area (Å²) in [7, 11) is 0.